The van der Waals surface area contributed by atoms with Gasteiger partial charge in [-0.2, -0.15) is 0 Å². The molecule has 1 saturated carbocycles. The van der Waals surface area contributed by atoms with Gasteiger partial charge in [0.1, 0.15) is 22.8 Å². The summed E-state index contributed by atoms with van der Waals surface area (Å²) >= 11 is 0. The number of phenolic OH excluding ortho intramolecular Hbond substituents is 2. The normalized spacial score (nSPS) is 15.8. The van der Waals surface area contributed by atoms with E-state index in [4.69, 9.17) is 4.74 Å². The fraction of sp³-hybridized carbons (Fsp3) is 0.448. The van der Waals surface area contributed by atoms with Gasteiger partial charge in [-0.3, -0.25) is 9.59 Å². The summed E-state index contributed by atoms with van der Waals surface area (Å²) in [5.41, 5.74) is 2.96. The number of amides is 2. The minimum absolute atomic E-state index is 0.0659. The van der Waals surface area contributed by atoms with Crippen molar-refractivity contribution in [1.82, 2.24) is 9.80 Å². The molecule has 2 aromatic carbocycles. The number of hydrogen-bond acceptors (Lipinski definition) is 6. The van der Waals surface area contributed by atoms with Gasteiger partial charge >= 0.3 is 0 Å². The highest BCUT2D eigenvalue weighted by Crippen LogP contribution is 2.41. The number of fused-ring (bicyclic) bond motifs is 1. The van der Waals surface area contributed by atoms with Crippen LogP contribution in [0, 0.1) is 12.8 Å². The van der Waals surface area contributed by atoms with Crippen LogP contribution in [0.2, 0.25) is 0 Å². The molecule has 2 aliphatic rings. The molecule has 0 radical (unpaired) electrons. The smallest absolute Gasteiger partial charge is 0.262 e. The van der Waals surface area contributed by atoms with Crippen molar-refractivity contribution in [1.29, 1.82) is 0 Å². The molecular formula is C29H37N3O5. The lowest BCUT2D eigenvalue weighted by atomic mass is 9.90. The molecule has 0 bridgehead atoms. The quantitative estimate of drug-likeness (QED) is 0.452. The number of aromatic hydroxyl groups is 2. The summed E-state index contributed by atoms with van der Waals surface area (Å²) in [6.07, 6.45) is 9.02. The van der Waals surface area contributed by atoms with E-state index in [1.807, 2.05) is 37.2 Å². The maximum atomic E-state index is 13.7. The van der Waals surface area contributed by atoms with Crippen molar-refractivity contribution < 1.29 is 24.5 Å². The van der Waals surface area contributed by atoms with E-state index in [2.05, 4.69) is 5.32 Å². The molecule has 0 spiro atoms. The van der Waals surface area contributed by atoms with E-state index in [9.17, 15) is 19.8 Å². The fourth-order valence-corrected chi connectivity index (χ4v) is 5.06. The van der Waals surface area contributed by atoms with Crippen LogP contribution in [0.4, 0.5) is 5.69 Å². The number of rotatable bonds is 8. The molecular weight excluding hydrogens is 470 g/mol. The zero-order chi connectivity index (χ0) is 26.5. The van der Waals surface area contributed by atoms with Gasteiger partial charge in [0, 0.05) is 48.6 Å². The van der Waals surface area contributed by atoms with Crippen LogP contribution >= 0.6 is 0 Å². The lowest BCUT2D eigenvalue weighted by molar-refractivity contribution is -0.111. The third-order valence-electron chi connectivity index (χ3n) is 7.15. The van der Waals surface area contributed by atoms with E-state index < -0.39 is 0 Å². The highest BCUT2D eigenvalue weighted by Gasteiger charge is 2.32. The number of carbonyl (C=O) groups is 2. The number of hydrogen-bond donors (Lipinski definition) is 3. The highest BCUT2D eigenvalue weighted by atomic mass is 16.5. The van der Waals surface area contributed by atoms with Crippen LogP contribution in [-0.2, 0) is 17.9 Å². The average Bonchev–Trinajstić information content (AvgIpc) is 3.31. The molecule has 0 unspecified atom stereocenters. The predicted molar refractivity (Wildman–Crippen MR) is 143 cm³/mol. The molecule has 37 heavy (non-hydrogen) atoms. The summed E-state index contributed by atoms with van der Waals surface area (Å²) in [7, 11) is 3.86. The first-order valence-corrected chi connectivity index (χ1v) is 12.9. The van der Waals surface area contributed by atoms with Gasteiger partial charge in [-0.25, -0.2) is 0 Å². The largest absolute Gasteiger partial charge is 0.507 e. The van der Waals surface area contributed by atoms with Crippen molar-refractivity contribution in [3.8, 4) is 17.2 Å². The molecule has 0 atom stereocenters. The zero-order valence-corrected chi connectivity index (χ0v) is 21.9. The van der Waals surface area contributed by atoms with Gasteiger partial charge in [-0.05, 0) is 51.4 Å². The van der Waals surface area contributed by atoms with Crippen LogP contribution in [0.3, 0.4) is 0 Å². The molecule has 2 amide bonds. The Kier molecular flexibility index (Phi) is 8.38. The van der Waals surface area contributed by atoms with Crippen LogP contribution in [0.25, 0.3) is 0 Å². The molecule has 3 N–H and O–H groups in total. The summed E-state index contributed by atoms with van der Waals surface area (Å²) in [6, 6.07) is 6.81. The van der Waals surface area contributed by atoms with Crippen molar-refractivity contribution in [3.63, 3.8) is 0 Å². The first-order chi connectivity index (χ1) is 17.7. The molecule has 198 valence electrons. The lowest BCUT2D eigenvalue weighted by Gasteiger charge is -2.25. The van der Waals surface area contributed by atoms with Crippen LogP contribution < -0.4 is 10.1 Å². The summed E-state index contributed by atoms with van der Waals surface area (Å²) in [6.45, 7) is 3.42. The average molecular weight is 508 g/mol. The Hall–Kier alpha value is -3.52. The summed E-state index contributed by atoms with van der Waals surface area (Å²) in [4.78, 5) is 29.7. The number of benzene rings is 2. The van der Waals surface area contributed by atoms with E-state index in [0.717, 1.165) is 24.0 Å². The number of ether oxygens (including phenoxy) is 1. The van der Waals surface area contributed by atoms with Crippen molar-refractivity contribution in [2.75, 3.05) is 32.6 Å². The van der Waals surface area contributed by atoms with Crippen LogP contribution in [0.1, 0.15) is 59.2 Å². The first kappa shape index (κ1) is 26.5. The second kappa shape index (κ2) is 11.7. The summed E-state index contributed by atoms with van der Waals surface area (Å²) in [5, 5.41) is 24.0. The van der Waals surface area contributed by atoms with E-state index >= 15 is 0 Å². The number of nitrogens with zero attached hydrogens (tertiary/aromatic N) is 2. The predicted octanol–water partition coefficient (Wildman–Crippen LogP) is 4.58. The maximum absolute atomic E-state index is 13.7. The summed E-state index contributed by atoms with van der Waals surface area (Å²) < 4.78 is 6.12. The van der Waals surface area contributed by atoms with E-state index in [1.54, 1.807) is 17.9 Å². The van der Waals surface area contributed by atoms with Crippen molar-refractivity contribution in [2.45, 2.75) is 52.1 Å². The van der Waals surface area contributed by atoms with Gasteiger partial charge in [0.25, 0.3) is 5.91 Å². The minimum Gasteiger partial charge on any atom is -0.507 e. The zero-order valence-electron chi connectivity index (χ0n) is 21.9. The molecule has 1 heterocycles. The van der Waals surface area contributed by atoms with E-state index in [-0.39, 0.29) is 41.2 Å². The molecule has 0 aromatic heterocycles. The van der Waals surface area contributed by atoms with Gasteiger partial charge in [0.05, 0.1) is 6.61 Å². The fourth-order valence-electron chi connectivity index (χ4n) is 5.06. The number of phenols is 2. The van der Waals surface area contributed by atoms with Crippen LogP contribution in [-0.4, -0.2) is 59.1 Å². The molecule has 2 aromatic rings. The minimum atomic E-state index is -0.376. The second-order valence-corrected chi connectivity index (χ2v) is 10.3. The standard InChI is InChI=1S/C29H37N3O5/c1-19-24(33)15-25(34)27(28(19)37-18-20-9-5-4-6-10-20)29(36)32-16-21-11-7-12-23(22(21)17-32)30-26(35)13-8-14-31(2)3/h7-8,11-13,15,20,33-34H,4-6,9-10,14,16-18H2,1-3H3,(H,30,35)/b13-8+. The number of anilines is 1. The Morgan fingerprint density at radius 1 is 1.14 bits per heavy atom. The SMILES string of the molecule is Cc1c(O)cc(O)c(C(=O)N2Cc3cccc(NC(=O)/C=C/CN(C)C)c3C2)c1OCC1CCCCC1. The summed E-state index contributed by atoms with van der Waals surface area (Å²) in [5.74, 6) is -0.381. The Morgan fingerprint density at radius 2 is 1.89 bits per heavy atom. The number of carbonyl (C=O) groups excluding carboxylic acids is 2. The van der Waals surface area contributed by atoms with Gasteiger partial charge in [-0.15, -0.1) is 0 Å². The lowest BCUT2D eigenvalue weighted by Crippen LogP contribution is -2.27. The van der Waals surface area contributed by atoms with Crippen LogP contribution in [0.5, 0.6) is 17.2 Å². The number of likely N-dealkylation sites (N-methyl/N-ethyl adjacent to an activating group) is 1. The second-order valence-electron chi connectivity index (χ2n) is 10.3. The van der Waals surface area contributed by atoms with Gasteiger partial charge < -0.3 is 30.1 Å². The van der Waals surface area contributed by atoms with Gasteiger partial charge in [0.2, 0.25) is 5.91 Å². The van der Waals surface area contributed by atoms with Gasteiger partial charge in [-0.1, -0.05) is 37.5 Å². The molecule has 4 rings (SSSR count). The van der Waals surface area contributed by atoms with Crippen molar-refractivity contribution in [3.05, 3.63) is 58.7 Å². The van der Waals surface area contributed by atoms with Gasteiger partial charge in [0.15, 0.2) is 0 Å². The van der Waals surface area contributed by atoms with Crippen molar-refractivity contribution >= 4 is 17.5 Å². The van der Waals surface area contributed by atoms with E-state index in [0.29, 0.717) is 36.9 Å². The maximum Gasteiger partial charge on any atom is 0.262 e. The Bertz CT molecular complexity index is 1180. The third kappa shape index (κ3) is 6.25. The first-order valence-electron chi connectivity index (χ1n) is 12.9. The topological polar surface area (TPSA) is 102 Å². The number of nitrogens with one attached hydrogen (secondary N) is 1. The van der Waals surface area contributed by atoms with Crippen LogP contribution in [0.15, 0.2) is 36.4 Å². The van der Waals surface area contributed by atoms with E-state index in [1.165, 1.54) is 31.4 Å². The molecule has 1 aliphatic heterocycles. The Labute approximate surface area is 218 Å². The highest BCUT2D eigenvalue weighted by molar-refractivity contribution is 6.02. The Balaban J connectivity index is 1.53. The monoisotopic (exact) mass is 507 g/mol. The molecule has 8 heteroatoms. The van der Waals surface area contributed by atoms with Crippen molar-refractivity contribution in [2.24, 2.45) is 5.92 Å². The molecule has 0 saturated heterocycles. The molecule has 1 aliphatic carbocycles. The third-order valence-corrected chi connectivity index (χ3v) is 7.15. The Morgan fingerprint density at radius 3 is 2.62 bits per heavy atom. The molecule has 8 nitrogen and oxygen atoms in total. The molecule has 1 fully saturated rings.